The van der Waals surface area contributed by atoms with Crippen LogP contribution in [0.25, 0.3) is 0 Å². The Bertz CT molecular complexity index is 599. The maximum Gasteiger partial charge on any atom is 0.191 e. The number of nitrogens with one attached hydrogen (secondary N) is 2. The van der Waals surface area contributed by atoms with Crippen molar-refractivity contribution in [1.82, 2.24) is 10.6 Å². The minimum Gasteiger partial charge on any atom is -0.488 e. The molecule has 28 heavy (non-hydrogen) atoms. The van der Waals surface area contributed by atoms with Gasteiger partial charge in [-0.05, 0) is 37.8 Å². The Morgan fingerprint density at radius 3 is 2.86 bits per heavy atom. The number of benzene rings is 1. The van der Waals surface area contributed by atoms with Gasteiger partial charge in [0.1, 0.15) is 11.9 Å². The quantitative estimate of drug-likeness (QED) is 0.344. The van der Waals surface area contributed by atoms with Crippen molar-refractivity contribution in [2.24, 2.45) is 10.9 Å². The molecule has 1 aromatic rings. The molecule has 1 aliphatic rings. The van der Waals surface area contributed by atoms with Crippen molar-refractivity contribution in [1.29, 1.82) is 0 Å². The summed E-state index contributed by atoms with van der Waals surface area (Å²) in [4.78, 5) is 4.72. The molecule has 1 atom stereocenters. The summed E-state index contributed by atoms with van der Waals surface area (Å²) in [5.74, 6) is 2.38. The third-order valence-corrected chi connectivity index (χ3v) is 4.53. The zero-order chi connectivity index (χ0) is 20.2. The largest absolute Gasteiger partial charge is 0.488 e. The van der Waals surface area contributed by atoms with Crippen molar-refractivity contribution in [2.45, 2.75) is 53.2 Å². The van der Waals surface area contributed by atoms with E-state index in [0.29, 0.717) is 25.7 Å². The van der Waals surface area contributed by atoms with Crippen LogP contribution in [0.2, 0.25) is 0 Å². The Balaban J connectivity index is 1.88. The van der Waals surface area contributed by atoms with Gasteiger partial charge < -0.3 is 24.8 Å². The number of rotatable bonds is 11. The standard InChI is InChI=1S/C22H37N3O3/c1-5-23-22(24-10-13-26-11-8-17(2)3)25-15-19-7-6-18(4)14-21(19)28-20-9-12-27-16-20/h6-7,14,17,20H,5,8-13,15-16H2,1-4H3,(H2,23,24,25). The number of ether oxygens (including phenoxy) is 3. The molecular formula is C22H37N3O3. The first-order valence-corrected chi connectivity index (χ1v) is 10.5. The number of aliphatic imine (C=N–C) groups is 1. The molecule has 2 rings (SSSR count). The molecule has 6 nitrogen and oxygen atoms in total. The van der Waals surface area contributed by atoms with E-state index in [1.165, 1.54) is 5.56 Å². The maximum atomic E-state index is 6.17. The van der Waals surface area contributed by atoms with Gasteiger partial charge in [-0.1, -0.05) is 26.0 Å². The summed E-state index contributed by atoms with van der Waals surface area (Å²) in [6.07, 6.45) is 2.17. The topological polar surface area (TPSA) is 64.1 Å². The van der Waals surface area contributed by atoms with Crippen LogP contribution >= 0.6 is 0 Å². The lowest BCUT2D eigenvalue weighted by Gasteiger charge is -2.16. The van der Waals surface area contributed by atoms with E-state index in [2.05, 4.69) is 56.5 Å². The number of hydrogen-bond acceptors (Lipinski definition) is 4. The molecule has 1 heterocycles. The molecule has 0 saturated carbocycles. The maximum absolute atomic E-state index is 6.17. The van der Waals surface area contributed by atoms with Crippen LogP contribution in [0.4, 0.5) is 0 Å². The predicted octanol–water partition coefficient (Wildman–Crippen LogP) is 3.28. The highest BCUT2D eigenvalue weighted by atomic mass is 16.5. The van der Waals surface area contributed by atoms with Crippen LogP contribution in [0.1, 0.15) is 44.7 Å². The summed E-state index contributed by atoms with van der Waals surface area (Å²) in [6.45, 7) is 13.6. The van der Waals surface area contributed by atoms with Gasteiger partial charge in [-0.15, -0.1) is 0 Å². The SMILES string of the molecule is CCNC(=NCc1ccc(C)cc1OC1CCOC1)NCCOCCC(C)C. The van der Waals surface area contributed by atoms with E-state index in [1.54, 1.807) is 0 Å². The van der Waals surface area contributed by atoms with Crippen molar-refractivity contribution in [2.75, 3.05) is 39.5 Å². The lowest BCUT2D eigenvalue weighted by Crippen LogP contribution is -2.39. The minimum absolute atomic E-state index is 0.138. The Kier molecular flexibility index (Phi) is 10.1. The molecule has 0 aromatic heterocycles. The number of nitrogens with zero attached hydrogens (tertiary/aromatic N) is 1. The molecule has 1 fully saturated rings. The minimum atomic E-state index is 0.138. The van der Waals surface area contributed by atoms with Gasteiger partial charge in [0.25, 0.3) is 0 Å². The van der Waals surface area contributed by atoms with Crippen LogP contribution in [-0.2, 0) is 16.0 Å². The summed E-state index contributed by atoms with van der Waals surface area (Å²) in [7, 11) is 0. The van der Waals surface area contributed by atoms with Gasteiger partial charge in [-0.25, -0.2) is 4.99 Å². The number of guanidine groups is 1. The van der Waals surface area contributed by atoms with E-state index in [0.717, 1.165) is 56.4 Å². The second kappa shape index (κ2) is 12.6. The molecule has 0 aliphatic carbocycles. The summed E-state index contributed by atoms with van der Waals surface area (Å²) in [6, 6.07) is 6.29. The zero-order valence-electron chi connectivity index (χ0n) is 17.9. The Morgan fingerprint density at radius 1 is 1.29 bits per heavy atom. The van der Waals surface area contributed by atoms with Gasteiger partial charge >= 0.3 is 0 Å². The molecule has 6 heteroatoms. The Morgan fingerprint density at radius 2 is 2.14 bits per heavy atom. The first kappa shape index (κ1) is 22.5. The van der Waals surface area contributed by atoms with Gasteiger partial charge in [-0.3, -0.25) is 0 Å². The van der Waals surface area contributed by atoms with E-state index >= 15 is 0 Å². The van der Waals surface area contributed by atoms with Crippen molar-refractivity contribution in [3.8, 4) is 5.75 Å². The Hall–Kier alpha value is -1.79. The summed E-state index contributed by atoms with van der Waals surface area (Å²) >= 11 is 0. The highest BCUT2D eigenvalue weighted by molar-refractivity contribution is 5.79. The van der Waals surface area contributed by atoms with Crippen molar-refractivity contribution in [3.05, 3.63) is 29.3 Å². The van der Waals surface area contributed by atoms with Gasteiger partial charge in [0.2, 0.25) is 0 Å². The molecule has 0 spiro atoms. The normalized spacial score (nSPS) is 17.2. The fourth-order valence-electron chi connectivity index (χ4n) is 2.86. The fraction of sp³-hybridized carbons (Fsp3) is 0.682. The fourth-order valence-corrected chi connectivity index (χ4v) is 2.86. The van der Waals surface area contributed by atoms with E-state index in [-0.39, 0.29) is 6.10 Å². The van der Waals surface area contributed by atoms with Crippen LogP contribution in [0.15, 0.2) is 23.2 Å². The first-order valence-electron chi connectivity index (χ1n) is 10.5. The van der Waals surface area contributed by atoms with Crippen LogP contribution in [-0.4, -0.2) is 51.6 Å². The zero-order valence-corrected chi connectivity index (χ0v) is 17.9. The third-order valence-electron chi connectivity index (χ3n) is 4.53. The third kappa shape index (κ3) is 8.48. The van der Waals surface area contributed by atoms with Crippen molar-refractivity contribution in [3.63, 3.8) is 0 Å². The van der Waals surface area contributed by atoms with Gasteiger partial charge in [-0.2, -0.15) is 0 Å². The van der Waals surface area contributed by atoms with E-state index in [1.807, 2.05) is 0 Å². The van der Waals surface area contributed by atoms with E-state index in [9.17, 15) is 0 Å². The van der Waals surface area contributed by atoms with Gasteiger partial charge in [0, 0.05) is 31.7 Å². The Labute approximate surface area is 170 Å². The van der Waals surface area contributed by atoms with E-state index in [4.69, 9.17) is 19.2 Å². The smallest absolute Gasteiger partial charge is 0.191 e. The van der Waals surface area contributed by atoms with Crippen molar-refractivity contribution >= 4 is 5.96 Å². The summed E-state index contributed by atoms with van der Waals surface area (Å²) < 4.78 is 17.3. The molecular weight excluding hydrogens is 354 g/mol. The van der Waals surface area contributed by atoms with Crippen molar-refractivity contribution < 1.29 is 14.2 Å². The molecule has 1 unspecified atom stereocenters. The lowest BCUT2D eigenvalue weighted by molar-refractivity contribution is 0.128. The van der Waals surface area contributed by atoms with Gasteiger partial charge in [0.05, 0.1) is 26.4 Å². The lowest BCUT2D eigenvalue weighted by atomic mass is 10.1. The highest BCUT2D eigenvalue weighted by Gasteiger charge is 2.18. The molecule has 158 valence electrons. The predicted molar refractivity (Wildman–Crippen MR) is 114 cm³/mol. The monoisotopic (exact) mass is 391 g/mol. The van der Waals surface area contributed by atoms with Crippen LogP contribution in [0.3, 0.4) is 0 Å². The molecule has 1 saturated heterocycles. The van der Waals surface area contributed by atoms with E-state index < -0.39 is 0 Å². The first-order chi connectivity index (χ1) is 13.6. The molecule has 0 bridgehead atoms. The summed E-state index contributed by atoms with van der Waals surface area (Å²) in [5, 5.41) is 6.62. The van der Waals surface area contributed by atoms with Crippen LogP contribution in [0, 0.1) is 12.8 Å². The number of hydrogen-bond donors (Lipinski definition) is 2. The summed E-state index contributed by atoms with van der Waals surface area (Å²) in [5.41, 5.74) is 2.27. The van der Waals surface area contributed by atoms with Gasteiger partial charge in [0.15, 0.2) is 5.96 Å². The average Bonchev–Trinajstić information content (AvgIpc) is 3.16. The molecule has 2 N–H and O–H groups in total. The molecule has 1 aliphatic heterocycles. The molecule has 0 amide bonds. The highest BCUT2D eigenvalue weighted by Crippen LogP contribution is 2.24. The van der Waals surface area contributed by atoms with Crippen LogP contribution < -0.4 is 15.4 Å². The molecule has 1 aromatic carbocycles. The number of aryl methyl sites for hydroxylation is 1. The second-order valence-electron chi connectivity index (χ2n) is 7.63. The van der Waals surface area contributed by atoms with Crippen LogP contribution in [0.5, 0.6) is 5.75 Å². The average molecular weight is 392 g/mol. The second-order valence-corrected chi connectivity index (χ2v) is 7.63. The molecule has 0 radical (unpaired) electrons.